The van der Waals surface area contributed by atoms with Crippen molar-refractivity contribution in [2.75, 3.05) is 11.9 Å². The van der Waals surface area contributed by atoms with Gasteiger partial charge < -0.3 is 15.4 Å². The lowest BCUT2D eigenvalue weighted by molar-refractivity contribution is -0.118. The van der Waals surface area contributed by atoms with Gasteiger partial charge in [-0.2, -0.15) is 0 Å². The minimum Gasteiger partial charge on any atom is -0.483 e. The highest BCUT2D eigenvalue weighted by Crippen LogP contribution is 2.29. The van der Waals surface area contributed by atoms with Crippen LogP contribution < -0.4 is 15.4 Å². The molecule has 2 aromatic carbocycles. The Balaban J connectivity index is 1.67. The molecule has 1 aliphatic rings. The van der Waals surface area contributed by atoms with Gasteiger partial charge >= 0.3 is 0 Å². The van der Waals surface area contributed by atoms with Crippen LogP contribution in [0.3, 0.4) is 0 Å². The summed E-state index contributed by atoms with van der Waals surface area (Å²) in [6.45, 7) is -0.210. The first-order valence-corrected chi connectivity index (χ1v) is 9.62. The van der Waals surface area contributed by atoms with E-state index in [-0.39, 0.29) is 18.4 Å². The van der Waals surface area contributed by atoms with Crippen LogP contribution in [0.25, 0.3) is 6.08 Å². The van der Waals surface area contributed by atoms with Gasteiger partial charge in [0.15, 0.2) is 6.61 Å². The van der Waals surface area contributed by atoms with E-state index in [9.17, 15) is 9.59 Å². The van der Waals surface area contributed by atoms with Crippen molar-refractivity contribution in [2.45, 2.75) is 0 Å². The zero-order chi connectivity index (χ0) is 19.4. The smallest absolute Gasteiger partial charge is 0.263 e. The second kappa shape index (κ2) is 8.75. The Morgan fingerprint density at radius 3 is 2.70 bits per heavy atom. The molecular formula is C18H12Cl2N2O3S2. The van der Waals surface area contributed by atoms with Crippen LogP contribution in [0.1, 0.15) is 5.56 Å². The van der Waals surface area contributed by atoms with Crippen LogP contribution in [-0.4, -0.2) is 22.7 Å². The molecule has 27 heavy (non-hydrogen) atoms. The number of ether oxygens (including phenoxy) is 1. The van der Waals surface area contributed by atoms with Crippen molar-refractivity contribution in [1.82, 2.24) is 5.32 Å². The lowest BCUT2D eigenvalue weighted by atomic mass is 10.2. The maximum Gasteiger partial charge on any atom is 0.263 e. The predicted molar refractivity (Wildman–Crippen MR) is 113 cm³/mol. The van der Waals surface area contributed by atoms with Crippen LogP contribution in [0.15, 0.2) is 47.4 Å². The number of thioether (sulfide) groups is 1. The number of hydrogen-bond donors (Lipinski definition) is 2. The average molecular weight is 439 g/mol. The zero-order valence-corrected chi connectivity index (χ0v) is 16.8. The van der Waals surface area contributed by atoms with Crippen molar-refractivity contribution in [1.29, 1.82) is 0 Å². The van der Waals surface area contributed by atoms with Crippen LogP contribution in [0.5, 0.6) is 5.75 Å². The van der Waals surface area contributed by atoms with E-state index in [0.29, 0.717) is 36.3 Å². The molecule has 2 N–H and O–H groups in total. The molecular weight excluding hydrogens is 427 g/mol. The number of anilines is 1. The first-order chi connectivity index (χ1) is 12.9. The predicted octanol–water partition coefficient (Wildman–Crippen LogP) is 4.50. The van der Waals surface area contributed by atoms with E-state index < -0.39 is 0 Å². The molecule has 2 amide bonds. The number of nitrogens with one attached hydrogen (secondary N) is 2. The third-order valence-corrected chi connectivity index (χ3v) is 5.31. The van der Waals surface area contributed by atoms with Crippen LogP contribution in [0, 0.1) is 0 Å². The largest absolute Gasteiger partial charge is 0.483 e. The van der Waals surface area contributed by atoms with Crippen molar-refractivity contribution in [3.63, 3.8) is 0 Å². The summed E-state index contributed by atoms with van der Waals surface area (Å²) < 4.78 is 6.02. The summed E-state index contributed by atoms with van der Waals surface area (Å²) in [7, 11) is 0. The summed E-state index contributed by atoms with van der Waals surface area (Å²) in [6.07, 6.45) is 1.67. The maximum atomic E-state index is 12.1. The summed E-state index contributed by atoms with van der Waals surface area (Å²) >= 11 is 17.9. The molecule has 0 unspecified atom stereocenters. The van der Waals surface area contributed by atoms with Crippen LogP contribution in [-0.2, 0) is 9.59 Å². The molecule has 0 aliphatic carbocycles. The van der Waals surface area contributed by atoms with Crippen LogP contribution in [0.4, 0.5) is 5.69 Å². The van der Waals surface area contributed by atoms with E-state index in [0.717, 1.165) is 0 Å². The van der Waals surface area contributed by atoms with Crippen LogP contribution >= 0.6 is 47.2 Å². The summed E-state index contributed by atoms with van der Waals surface area (Å²) in [4.78, 5) is 24.4. The van der Waals surface area contributed by atoms with E-state index in [4.69, 9.17) is 40.2 Å². The lowest BCUT2D eigenvalue weighted by Gasteiger charge is -2.10. The maximum absolute atomic E-state index is 12.1. The molecule has 2 aromatic rings. The molecule has 1 saturated heterocycles. The Morgan fingerprint density at radius 2 is 2.00 bits per heavy atom. The number of amides is 2. The average Bonchev–Trinajstić information content (AvgIpc) is 2.94. The van der Waals surface area contributed by atoms with Gasteiger partial charge in [0.05, 0.1) is 15.0 Å². The van der Waals surface area contributed by atoms with Gasteiger partial charge in [-0.15, -0.1) is 0 Å². The van der Waals surface area contributed by atoms with Crippen molar-refractivity contribution >= 4 is 75.1 Å². The van der Waals surface area contributed by atoms with Gasteiger partial charge in [-0.3, -0.25) is 9.59 Å². The number of rotatable bonds is 5. The lowest BCUT2D eigenvalue weighted by Crippen LogP contribution is -2.20. The molecule has 9 heteroatoms. The minimum atomic E-state index is -0.356. The third kappa shape index (κ3) is 5.23. The Hall–Kier alpha value is -2.06. The van der Waals surface area contributed by atoms with Gasteiger partial charge in [-0.25, -0.2) is 0 Å². The summed E-state index contributed by atoms with van der Waals surface area (Å²) in [5.74, 6) is -0.136. The molecule has 5 nitrogen and oxygen atoms in total. The molecule has 1 heterocycles. The summed E-state index contributed by atoms with van der Waals surface area (Å²) in [5, 5.41) is 5.98. The number of hydrogen-bond acceptors (Lipinski definition) is 5. The van der Waals surface area contributed by atoms with Crippen molar-refractivity contribution in [2.24, 2.45) is 0 Å². The second-order valence-electron chi connectivity index (χ2n) is 5.36. The fourth-order valence-corrected chi connectivity index (χ4v) is 3.54. The molecule has 0 atom stereocenters. The van der Waals surface area contributed by atoms with Gasteiger partial charge in [0.1, 0.15) is 10.1 Å². The molecule has 0 radical (unpaired) electrons. The highest BCUT2D eigenvalue weighted by molar-refractivity contribution is 8.26. The Bertz CT molecular complexity index is 963. The van der Waals surface area contributed by atoms with Gasteiger partial charge in [0.25, 0.3) is 11.8 Å². The quantitative estimate of drug-likeness (QED) is 0.531. The zero-order valence-electron chi connectivity index (χ0n) is 13.6. The summed E-state index contributed by atoms with van der Waals surface area (Å²) in [5.41, 5.74) is 1.18. The summed E-state index contributed by atoms with van der Waals surface area (Å²) in [6, 6.07) is 11.9. The van der Waals surface area contributed by atoms with Gasteiger partial charge in [-0.1, -0.05) is 65.4 Å². The second-order valence-corrected chi connectivity index (χ2v) is 7.89. The number of halogens is 2. The Morgan fingerprint density at radius 1 is 1.22 bits per heavy atom. The van der Waals surface area contributed by atoms with E-state index in [1.165, 1.54) is 11.8 Å². The van der Waals surface area contributed by atoms with E-state index in [1.54, 1.807) is 42.5 Å². The molecule has 3 rings (SSSR count). The van der Waals surface area contributed by atoms with Crippen LogP contribution in [0.2, 0.25) is 10.0 Å². The standard InChI is InChI=1S/C18H12Cl2N2O3S2/c19-12-6-5-11(8-13(12)20)21-16(23)9-25-14-4-2-1-3-10(14)7-15-17(24)22-18(26)27-15/h1-8H,9H2,(H,21,23)(H,22,24,26)/b15-7+. The fraction of sp³-hybridized carbons (Fsp3) is 0.0556. The minimum absolute atomic E-state index is 0.210. The highest BCUT2D eigenvalue weighted by atomic mass is 35.5. The molecule has 0 aromatic heterocycles. The number of para-hydroxylation sites is 1. The topological polar surface area (TPSA) is 67.4 Å². The number of carbonyl (C=O) groups is 2. The van der Waals surface area contributed by atoms with Gasteiger partial charge in [-0.05, 0) is 30.3 Å². The fourth-order valence-electron chi connectivity index (χ4n) is 2.21. The molecule has 138 valence electrons. The van der Waals surface area contributed by atoms with E-state index in [1.807, 2.05) is 6.07 Å². The number of benzene rings is 2. The number of carbonyl (C=O) groups excluding carboxylic acids is 2. The molecule has 0 spiro atoms. The first-order valence-electron chi connectivity index (χ1n) is 7.64. The number of thiocarbonyl (C=S) groups is 1. The normalized spacial score (nSPS) is 15.0. The van der Waals surface area contributed by atoms with Crippen molar-refractivity contribution < 1.29 is 14.3 Å². The third-order valence-electron chi connectivity index (χ3n) is 3.41. The highest BCUT2D eigenvalue weighted by Gasteiger charge is 2.22. The first kappa shape index (κ1) is 19.7. The Labute approximate surface area is 175 Å². The van der Waals surface area contributed by atoms with Gasteiger partial charge in [0, 0.05) is 11.3 Å². The molecule has 0 saturated carbocycles. The van der Waals surface area contributed by atoms with Gasteiger partial charge in [0.2, 0.25) is 0 Å². The van der Waals surface area contributed by atoms with Crippen molar-refractivity contribution in [3.05, 3.63) is 63.0 Å². The molecule has 0 bridgehead atoms. The van der Waals surface area contributed by atoms with Crippen molar-refractivity contribution in [3.8, 4) is 5.75 Å². The van der Waals surface area contributed by atoms with E-state index in [2.05, 4.69) is 10.6 Å². The molecule has 1 aliphatic heterocycles. The monoisotopic (exact) mass is 438 g/mol. The Kier molecular flexibility index (Phi) is 6.38. The SMILES string of the molecule is O=C(COc1ccccc1/C=C1/SC(=S)NC1=O)Nc1ccc(Cl)c(Cl)c1. The molecule has 1 fully saturated rings. The van der Waals surface area contributed by atoms with E-state index >= 15 is 0 Å².